The Kier molecular flexibility index (Phi) is 5.83. The van der Waals surface area contributed by atoms with Gasteiger partial charge in [0.05, 0.1) is 13.2 Å². The van der Waals surface area contributed by atoms with Gasteiger partial charge in [-0.3, -0.25) is 9.89 Å². The van der Waals surface area contributed by atoms with Crippen LogP contribution in [0.1, 0.15) is 11.1 Å². The summed E-state index contributed by atoms with van der Waals surface area (Å²) >= 11 is 0. The van der Waals surface area contributed by atoms with E-state index in [0.717, 1.165) is 32.6 Å². The zero-order valence-electron chi connectivity index (χ0n) is 12.1. The molecule has 0 radical (unpaired) electrons. The van der Waals surface area contributed by atoms with Crippen LogP contribution in [0.2, 0.25) is 0 Å². The van der Waals surface area contributed by atoms with Gasteiger partial charge in [-0.05, 0) is 17.5 Å². The first-order chi connectivity index (χ1) is 9.79. The van der Waals surface area contributed by atoms with Gasteiger partial charge in [0.15, 0.2) is 5.96 Å². The highest BCUT2D eigenvalue weighted by Crippen LogP contribution is 2.17. The van der Waals surface area contributed by atoms with E-state index in [9.17, 15) is 0 Å². The Bertz CT molecular complexity index is 447. The van der Waals surface area contributed by atoms with E-state index >= 15 is 0 Å². The summed E-state index contributed by atoms with van der Waals surface area (Å²) in [7, 11) is 1.67. The molecule has 0 fully saturated rings. The molecular weight excluding hydrogens is 252 g/mol. The van der Waals surface area contributed by atoms with Crippen molar-refractivity contribution in [1.29, 1.82) is 0 Å². The molecule has 2 rings (SSSR count). The SMILES string of the molecule is COCCNC(N)=NCCN1CCc2ccccc2C1. The Labute approximate surface area is 120 Å². The molecule has 0 amide bonds. The minimum Gasteiger partial charge on any atom is -0.383 e. The zero-order chi connectivity index (χ0) is 14.2. The van der Waals surface area contributed by atoms with Crippen LogP contribution >= 0.6 is 0 Å². The van der Waals surface area contributed by atoms with E-state index in [2.05, 4.69) is 39.5 Å². The molecule has 0 aliphatic carbocycles. The number of rotatable bonds is 6. The zero-order valence-corrected chi connectivity index (χ0v) is 12.1. The van der Waals surface area contributed by atoms with Crippen molar-refractivity contribution >= 4 is 5.96 Å². The Morgan fingerprint density at radius 3 is 3.00 bits per heavy atom. The number of aliphatic imine (C=N–C) groups is 1. The average Bonchev–Trinajstić information content (AvgIpc) is 2.47. The molecule has 1 aromatic rings. The number of nitrogens with one attached hydrogen (secondary N) is 1. The standard InChI is InChI=1S/C15H24N4O/c1-20-11-8-18-15(16)17-7-10-19-9-6-13-4-2-3-5-14(13)12-19/h2-5H,6-12H2,1H3,(H3,16,17,18). The van der Waals surface area contributed by atoms with Crippen molar-refractivity contribution in [2.45, 2.75) is 13.0 Å². The summed E-state index contributed by atoms with van der Waals surface area (Å²) in [6, 6.07) is 8.66. The van der Waals surface area contributed by atoms with Gasteiger partial charge in [-0.2, -0.15) is 0 Å². The van der Waals surface area contributed by atoms with Gasteiger partial charge in [-0.1, -0.05) is 24.3 Å². The maximum atomic E-state index is 5.77. The van der Waals surface area contributed by atoms with Crippen molar-refractivity contribution in [1.82, 2.24) is 10.2 Å². The van der Waals surface area contributed by atoms with Crippen molar-refractivity contribution in [3.05, 3.63) is 35.4 Å². The van der Waals surface area contributed by atoms with Crippen LogP contribution in [-0.4, -0.2) is 50.8 Å². The molecule has 3 N–H and O–H groups in total. The smallest absolute Gasteiger partial charge is 0.188 e. The lowest BCUT2D eigenvalue weighted by Crippen LogP contribution is -2.36. The molecule has 5 nitrogen and oxygen atoms in total. The summed E-state index contributed by atoms with van der Waals surface area (Å²) in [5.74, 6) is 0.499. The molecule has 0 atom stereocenters. The van der Waals surface area contributed by atoms with Crippen molar-refractivity contribution in [3.8, 4) is 0 Å². The first-order valence-corrected chi connectivity index (χ1v) is 7.11. The van der Waals surface area contributed by atoms with Crippen LogP contribution in [0.15, 0.2) is 29.3 Å². The fourth-order valence-corrected chi connectivity index (χ4v) is 2.39. The number of benzene rings is 1. The predicted molar refractivity (Wildman–Crippen MR) is 81.8 cm³/mol. The van der Waals surface area contributed by atoms with Crippen LogP contribution in [-0.2, 0) is 17.7 Å². The lowest BCUT2D eigenvalue weighted by molar-refractivity contribution is 0.204. The van der Waals surface area contributed by atoms with Crippen molar-refractivity contribution < 1.29 is 4.74 Å². The molecule has 1 heterocycles. The molecule has 20 heavy (non-hydrogen) atoms. The minimum atomic E-state index is 0.499. The van der Waals surface area contributed by atoms with E-state index in [4.69, 9.17) is 10.5 Å². The fourth-order valence-electron chi connectivity index (χ4n) is 2.39. The molecule has 0 spiro atoms. The number of methoxy groups -OCH3 is 1. The molecular formula is C15H24N4O. The topological polar surface area (TPSA) is 62.9 Å². The predicted octanol–water partition coefficient (Wildman–Crippen LogP) is 0.595. The number of ether oxygens (including phenoxy) is 1. The average molecular weight is 276 g/mol. The van der Waals surface area contributed by atoms with E-state index < -0.39 is 0 Å². The number of hydrogen-bond acceptors (Lipinski definition) is 3. The maximum absolute atomic E-state index is 5.77. The molecule has 0 bridgehead atoms. The van der Waals surface area contributed by atoms with Crippen LogP contribution in [0.25, 0.3) is 0 Å². The van der Waals surface area contributed by atoms with E-state index in [-0.39, 0.29) is 0 Å². The van der Waals surface area contributed by atoms with Gasteiger partial charge in [-0.25, -0.2) is 0 Å². The molecule has 0 aromatic heterocycles. The highest BCUT2D eigenvalue weighted by Gasteiger charge is 2.14. The van der Waals surface area contributed by atoms with Crippen LogP contribution < -0.4 is 11.1 Å². The second-order valence-corrected chi connectivity index (χ2v) is 4.98. The molecule has 1 aromatic carbocycles. The van der Waals surface area contributed by atoms with Gasteiger partial charge in [-0.15, -0.1) is 0 Å². The first-order valence-electron chi connectivity index (χ1n) is 7.11. The van der Waals surface area contributed by atoms with Crippen LogP contribution in [0, 0.1) is 0 Å². The highest BCUT2D eigenvalue weighted by molar-refractivity contribution is 5.77. The molecule has 0 saturated heterocycles. The quantitative estimate of drug-likeness (QED) is 0.454. The van der Waals surface area contributed by atoms with Crippen molar-refractivity contribution in [3.63, 3.8) is 0 Å². The summed E-state index contributed by atoms with van der Waals surface area (Å²) < 4.78 is 4.94. The maximum Gasteiger partial charge on any atom is 0.188 e. The van der Waals surface area contributed by atoms with Gasteiger partial charge in [0.25, 0.3) is 0 Å². The van der Waals surface area contributed by atoms with Gasteiger partial charge < -0.3 is 15.8 Å². The first kappa shape index (κ1) is 14.8. The summed E-state index contributed by atoms with van der Waals surface area (Å²) in [5, 5.41) is 3.02. The molecule has 0 unspecified atom stereocenters. The molecule has 0 saturated carbocycles. The summed E-state index contributed by atoms with van der Waals surface area (Å²) in [4.78, 5) is 6.76. The third-order valence-electron chi connectivity index (χ3n) is 3.52. The lowest BCUT2D eigenvalue weighted by Gasteiger charge is -2.28. The Morgan fingerprint density at radius 2 is 2.20 bits per heavy atom. The normalized spacial score (nSPS) is 15.9. The third kappa shape index (κ3) is 4.51. The summed E-state index contributed by atoms with van der Waals surface area (Å²) in [5.41, 5.74) is 8.69. The molecule has 1 aliphatic heterocycles. The summed E-state index contributed by atoms with van der Waals surface area (Å²) in [6.07, 6.45) is 1.13. The Hall–Kier alpha value is -1.59. The second kappa shape index (κ2) is 7.87. The van der Waals surface area contributed by atoms with Gasteiger partial charge >= 0.3 is 0 Å². The third-order valence-corrected chi connectivity index (χ3v) is 3.52. The number of nitrogens with two attached hydrogens (primary N) is 1. The van der Waals surface area contributed by atoms with E-state index in [1.54, 1.807) is 7.11 Å². The van der Waals surface area contributed by atoms with Crippen LogP contribution in [0.5, 0.6) is 0 Å². The van der Waals surface area contributed by atoms with Crippen LogP contribution in [0.3, 0.4) is 0 Å². The number of guanidine groups is 1. The fraction of sp³-hybridized carbons (Fsp3) is 0.533. The number of fused-ring (bicyclic) bond motifs is 1. The molecule has 110 valence electrons. The molecule has 5 heteroatoms. The van der Waals surface area contributed by atoms with Gasteiger partial charge in [0, 0.05) is 33.3 Å². The van der Waals surface area contributed by atoms with E-state index in [1.807, 2.05) is 0 Å². The lowest BCUT2D eigenvalue weighted by atomic mass is 10.0. The second-order valence-electron chi connectivity index (χ2n) is 4.98. The highest BCUT2D eigenvalue weighted by atomic mass is 16.5. The van der Waals surface area contributed by atoms with Crippen molar-refractivity contribution in [2.75, 3.05) is 39.9 Å². The largest absolute Gasteiger partial charge is 0.383 e. The summed E-state index contributed by atoms with van der Waals surface area (Å²) in [6.45, 7) is 5.13. The minimum absolute atomic E-state index is 0.499. The molecule has 1 aliphatic rings. The number of hydrogen-bond donors (Lipinski definition) is 2. The monoisotopic (exact) mass is 276 g/mol. The Morgan fingerprint density at radius 1 is 1.40 bits per heavy atom. The van der Waals surface area contributed by atoms with E-state index in [0.29, 0.717) is 19.1 Å². The Balaban J connectivity index is 1.72. The van der Waals surface area contributed by atoms with Gasteiger partial charge in [0.2, 0.25) is 0 Å². The van der Waals surface area contributed by atoms with Crippen molar-refractivity contribution in [2.24, 2.45) is 10.7 Å². The van der Waals surface area contributed by atoms with Crippen LogP contribution in [0.4, 0.5) is 0 Å². The van der Waals surface area contributed by atoms with E-state index in [1.165, 1.54) is 11.1 Å². The van der Waals surface area contributed by atoms with Gasteiger partial charge in [0.1, 0.15) is 0 Å². The number of nitrogens with zero attached hydrogens (tertiary/aromatic N) is 2.